The lowest BCUT2D eigenvalue weighted by molar-refractivity contribution is -0.120. The topological polar surface area (TPSA) is 70.2 Å². The second kappa shape index (κ2) is 8.87. The van der Waals surface area contributed by atoms with Crippen molar-refractivity contribution in [3.63, 3.8) is 0 Å². The van der Waals surface area contributed by atoms with Crippen molar-refractivity contribution in [1.82, 2.24) is 5.32 Å². The maximum absolute atomic E-state index is 12.3. The van der Waals surface area contributed by atoms with E-state index in [-0.39, 0.29) is 17.9 Å². The standard InChI is InChI=1S/C20H25N3O2/c1-4-15-5-9-18(10-6-15)23-20(25)14(2)22-17-11-7-16(8-12-17)13-19(24)21-3/h5-12,14,22H,4,13H2,1-3H3,(H,21,24)(H,23,25). The highest BCUT2D eigenvalue weighted by atomic mass is 16.2. The molecule has 3 N–H and O–H groups in total. The molecule has 2 aromatic carbocycles. The van der Waals surface area contributed by atoms with E-state index in [4.69, 9.17) is 0 Å². The van der Waals surface area contributed by atoms with Crippen LogP contribution in [0.3, 0.4) is 0 Å². The van der Waals surface area contributed by atoms with E-state index in [1.165, 1.54) is 5.56 Å². The number of nitrogens with one attached hydrogen (secondary N) is 3. The summed E-state index contributed by atoms with van der Waals surface area (Å²) in [5.74, 6) is -0.124. The summed E-state index contributed by atoms with van der Waals surface area (Å²) in [6, 6.07) is 15.0. The molecule has 0 heterocycles. The van der Waals surface area contributed by atoms with Gasteiger partial charge in [-0.15, -0.1) is 0 Å². The Labute approximate surface area is 148 Å². The number of hydrogen-bond acceptors (Lipinski definition) is 3. The molecule has 5 heteroatoms. The smallest absolute Gasteiger partial charge is 0.246 e. The largest absolute Gasteiger partial charge is 0.374 e. The Hall–Kier alpha value is -2.82. The second-order valence-electron chi connectivity index (χ2n) is 5.95. The molecule has 1 unspecified atom stereocenters. The molecular weight excluding hydrogens is 314 g/mol. The third-order valence-corrected chi connectivity index (χ3v) is 4.00. The van der Waals surface area contributed by atoms with E-state index in [1.54, 1.807) is 7.05 Å². The van der Waals surface area contributed by atoms with Crippen molar-refractivity contribution in [2.45, 2.75) is 32.7 Å². The summed E-state index contributed by atoms with van der Waals surface area (Å²) in [4.78, 5) is 23.7. The second-order valence-corrected chi connectivity index (χ2v) is 5.95. The van der Waals surface area contributed by atoms with Crippen molar-refractivity contribution in [1.29, 1.82) is 0 Å². The summed E-state index contributed by atoms with van der Waals surface area (Å²) >= 11 is 0. The van der Waals surface area contributed by atoms with Crippen LogP contribution in [0.1, 0.15) is 25.0 Å². The summed E-state index contributed by atoms with van der Waals surface area (Å²) in [5, 5.41) is 8.67. The molecule has 0 aliphatic rings. The highest BCUT2D eigenvalue weighted by molar-refractivity contribution is 5.96. The lowest BCUT2D eigenvalue weighted by Crippen LogP contribution is -2.31. The Morgan fingerprint density at radius 1 is 0.920 bits per heavy atom. The van der Waals surface area contributed by atoms with Gasteiger partial charge < -0.3 is 16.0 Å². The van der Waals surface area contributed by atoms with Gasteiger partial charge in [0.1, 0.15) is 6.04 Å². The molecule has 1 atom stereocenters. The number of rotatable bonds is 7. The van der Waals surface area contributed by atoms with Crippen LogP contribution < -0.4 is 16.0 Å². The van der Waals surface area contributed by atoms with E-state index < -0.39 is 0 Å². The fraction of sp³-hybridized carbons (Fsp3) is 0.300. The molecular formula is C20H25N3O2. The maximum Gasteiger partial charge on any atom is 0.246 e. The number of anilines is 2. The fourth-order valence-electron chi connectivity index (χ4n) is 2.38. The first-order chi connectivity index (χ1) is 12.0. The normalized spacial score (nSPS) is 11.5. The van der Waals surface area contributed by atoms with E-state index in [9.17, 15) is 9.59 Å². The zero-order valence-corrected chi connectivity index (χ0v) is 14.9. The van der Waals surface area contributed by atoms with E-state index in [1.807, 2.05) is 55.5 Å². The minimum absolute atomic E-state index is 0.0254. The van der Waals surface area contributed by atoms with Crippen molar-refractivity contribution in [3.8, 4) is 0 Å². The summed E-state index contributed by atoms with van der Waals surface area (Å²) in [6.45, 7) is 3.91. The molecule has 25 heavy (non-hydrogen) atoms. The van der Waals surface area contributed by atoms with Gasteiger partial charge in [-0.05, 0) is 48.7 Å². The lowest BCUT2D eigenvalue weighted by Gasteiger charge is -2.16. The van der Waals surface area contributed by atoms with Gasteiger partial charge in [-0.1, -0.05) is 31.2 Å². The number of carbonyl (C=O) groups is 2. The minimum Gasteiger partial charge on any atom is -0.374 e. The molecule has 2 aromatic rings. The van der Waals surface area contributed by atoms with E-state index in [0.29, 0.717) is 6.42 Å². The van der Waals surface area contributed by atoms with Crippen LogP contribution in [0.25, 0.3) is 0 Å². The summed E-state index contributed by atoms with van der Waals surface area (Å²) in [6.07, 6.45) is 1.32. The van der Waals surface area contributed by atoms with Crippen LogP contribution in [-0.2, 0) is 22.4 Å². The van der Waals surface area contributed by atoms with Gasteiger partial charge in [0, 0.05) is 18.4 Å². The van der Waals surface area contributed by atoms with Gasteiger partial charge in [0.25, 0.3) is 0 Å². The van der Waals surface area contributed by atoms with Gasteiger partial charge in [-0.2, -0.15) is 0 Å². The molecule has 0 aromatic heterocycles. The van der Waals surface area contributed by atoms with Crippen LogP contribution >= 0.6 is 0 Å². The number of likely N-dealkylation sites (N-methyl/N-ethyl adjacent to an activating group) is 1. The van der Waals surface area contributed by atoms with Crippen molar-refractivity contribution in [2.24, 2.45) is 0 Å². The first-order valence-electron chi connectivity index (χ1n) is 8.47. The molecule has 0 aliphatic carbocycles. The summed E-state index contributed by atoms with van der Waals surface area (Å²) in [7, 11) is 1.62. The first kappa shape index (κ1) is 18.5. The van der Waals surface area contributed by atoms with E-state index in [0.717, 1.165) is 23.4 Å². The quantitative estimate of drug-likeness (QED) is 0.726. The minimum atomic E-state index is -0.379. The Bertz CT molecular complexity index is 709. The van der Waals surface area contributed by atoms with Crippen molar-refractivity contribution < 1.29 is 9.59 Å². The molecule has 0 saturated heterocycles. The Morgan fingerprint density at radius 2 is 1.48 bits per heavy atom. The predicted molar refractivity (Wildman–Crippen MR) is 102 cm³/mol. The number of benzene rings is 2. The highest BCUT2D eigenvalue weighted by Gasteiger charge is 2.13. The lowest BCUT2D eigenvalue weighted by atomic mass is 10.1. The number of aryl methyl sites for hydroxylation is 1. The summed E-state index contributed by atoms with van der Waals surface area (Å²) in [5.41, 5.74) is 3.79. The van der Waals surface area contributed by atoms with E-state index in [2.05, 4.69) is 22.9 Å². The van der Waals surface area contributed by atoms with E-state index >= 15 is 0 Å². The molecule has 0 fully saturated rings. The average molecular weight is 339 g/mol. The average Bonchev–Trinajstić information content (AvgIpc) is 2.63. The van der Waals surface area contributed by atoms with Crippen molar-refractivity contribution >= 4 is 23.2 Å². The Kier molecular flexibility index (Phi) is 6.57. The van der Waals surface area contributed by atoms with Gasteiger partial charge in [0.15, 0.2) is 0 Å². The summed E-state index contributed by atoms with van der Waals surface area (Å²) < 4.78 is 0. The monoisotopic (exact) mass is 339 g/mol. The molecule has 0 spiro atoms. The SMILES string of the molecule is CCc1ccc(NC(=O)C(C)Nc2ccc(CC(=O)NC)cc2)cc1. The van der Waals surface area contributed by atoms with Gasteiger partial charge in [-0.3, -0.25) is 9.59 Å². The third kappa shape index (κ3) is 5.64. The number of carbonyl (C=O) groups excluding carboxylic acids is 2. The van der Waals surface area contributed by atoms with Crippen LogP contribution in [0.5, 0.6) is 0 Å². The van der Waals surface area contributed by atoms with Gasteiger partial charge >= 0.3 is 0 Å². The molecule has 0 saturated carbocycles. The predicted octanol–water partition coefficient (Wildman–Crippen LogP) is 2.98. The third-order valence-electron chi connectivity index (χ3n) is 4.00. The van der Waals surface area contributed by atoms with Gasteiger partial charge in [0.05, 0.1) is 6.42 Å². The maximum atomic E-state index is 12.3. The first-order valence-corrected chi connectivity index (χ1v) is 8.47. The molecule has 5 nitrogen and oxygen atoms in total. The Morgan fingerprint density at radius 3 is 2.04 bits per heavy atom. The van der Waals surface area contributed by atoms with Crippen molar-refractivity contribution in [3.05, 3.63) is 59.7 Å². The Balaban J connectivity index is 1.90. The number of amides is 2. The van der Waals surface area contributed by atoms with Crippen LogP contribution in [0.4, 0.5) is 11.4 Å². The van der Waals surface area contributed by atoms with Gasteiger partial charge in [0.2, 0.25) is 11.8 Å². The fourth-order valence-corrected chi connectivity index (χ4v) is 2.38. The molecule has 0 aliphatic heterocycles. The van der Waals surface area contributed by atoms with Crippen LogP contribution in [0.2, 0.25) is 0 Å². The van der Waals surface area contributed by atoms with Gasteiger partial charge in [-0.25, -0.2) is 0 Å². The molecule has 2 rings (SSSR count). The zero-order chi connectivity index (χ0) is 18.2. The van der Waals surface area contributed by atoms with Crippen molar-refractivity contribution in [2.75, 3.05) is 17.7 Å². The highest BCUT2D eigenvalue weighted by Crippen LogP contribution is 2.14. The zero-order valence-electron chi connectivity index (χ0n) is 14.9. The molecule has 132 valence electrons. The molecule has 0 radical (unpaired) electrons. The number of hydrogen-bond donors (Lipinski definition) is 3. The molecule has 2 amide bonds. The van der Waals surface area contributed by atoms with Crippen LogP contribution in [-0.4, -0.2) is 24.9 Å². The van der Waals surface area contributed by atoms with Crippen LogP contribution in [0.15, 0.2) is 48.5 Å². The van der Waals surface area contributed by atoms with Crippen LogP contribution in [0, 0.1) is 0 Å². The molecule has 0 bridgehead atoms.